The highest BCUT2D eigenvalue weighted by Crippen LogP contribution is 2.32. The molecule has 3 aliphatic rings. The topological polar surface area (TPSA) is 15.3 Å². The zero-order valence-electron chi connectivity index (χ0n) is 9.21. The SMILES string of the molecule is C[C@@H]1C[C@H]1NC1CCN2CCCC2C1. The molecule has 0 spiro atoms. The molecule has 0 bridgehead atoms. The van der Waals surface area contributed by atoms with Crippen molar-refractivity contribution in [3.63, 3.8) is 0 Å². The van der Waals surface area contributed by atoms with Crippen molar-refractivity contribution in [3.05, 3.63) is 0 Å². The smallest absolute Gasteiger partial charge is 0.0111 e. The molecular formula is C12H22N2. The number of fused-ring (bicyclic) bond motifs is 1. The van der Waals surface area contributed by atoms with Crippen LogP contribution < -0.4 is 5.32 Å². The Balaban J connectivity index is 1.51. The van der Waals surface area contributed by atoms with Gasteiger partial charge in [0.1, 0.15) is 0 Å². The maximum atomic E-state index is 3.83. The number of piperidine rings is 1. The van der Waals surface area contributed by atoms with Gasteiger partial charge in [0.2, 0.25) is 0 Å². The predicted molar refractivity (Wildman–Crippen MR) is 58.3 cm³/mol. The van der Waals surface area contributed by atoms with Crippen LogP contribution in [0.2, 0.25) is 0 Å². The van der Waals surface area contributed by atoms with Gasteiger partial charge in [-0.2, -0.15) is 0 Å². The highest BCUT2D eigenvalue weighted by Gasteiger charge is 2.37. The fraction of sp³-hybridized carbons (Fsp3) is 1.00. The lowest BCUT2D eigenvalue weighted by atomic mass is 9.97. The Morgan fingerprint density at radius 1 is 1.14 bits per heavy atom. The van der Waals surface area contributed by atoms with Crippen LogP contribution >= 0.6 is 0 Å². The molecule has 3 rings (SSSR count). The maximum absolute atomic E-state index is 3.83. The molecule has 4 atom stereocenters. The summed E-state index contributed by atoms with van der Waals surface area (Å²) in [4.78, 5) is 2.70. The van der Waals surface area contributed by atoms with Crippen molar-refractivity contribution in [2.24, 2.45) is 5.92 Å². The van der Waals surface area contributed by atoms with Gasteiger partial charge in [0.25, 0.3) is 0 Å². The highest BCUT2D eigenvalue weighted by molar-refractivity contribution is 4.96. The standard InChI is InChI=1S/C12H22N2/c1-9-7-12(9)13-10-4-6-14-5-2-3-11(14)8-10/h9-13H,2-8H2,1H3/t9-,10?,11?,12-/m1/s1. The zero-order chi connectivity index (χ0) is 9.54. The Labute approximate surface area is 87.0 Å². The summed E-state index contributed by atoms with van der Waals surface area (Å²) in [7, 11) is 0. The van der Waals surface area contributed by atoms with Gasteiger partial charge in [-0.15, -0.1) is 0 Å². The molecule has 1 N–H and O–H groups in total. The molecule has 14 heavy (non-hydrogen) atoms. The minimum atomic E-state index is 0.837. The molecule has 80 valence electrons. The molecule has 2 nitrogen and oxygen atoms in total. The molecule has 0 aromatic rings. The molecule has 1 saturated carbocycles. The van der Waals surface area contributed by atoms with Gasteiger partial charge in [0, 0.05) is 18.1 Å². The van der Waals surface area contributed by atoms with Gasteiger partial charge in [-0.25, -0.2) is 0 Å². The number of nitrogens with zero attached hydrogens (tertiary/aromatic N) is 1. The largest absolute Gasteiger partial charge is 0.311 e. The van der Waals surface area contributed by atoms with Crippen molar-refractivity contribution in [1.29, 1.82) is 0 Å². The summed E-state index contributed by atoms with van der Waals surface area (Å²) in [5, 5.41) is 3.83. The monoisotopic (exact) mass is 194 g/mol. The van der Waals surface area contributed by atoms with E-state index in [0.717, 1.165) is 24.0 Å². The van der Waals surface area contributed by atoms with Crippen LogP contribution in [-0.4, -0.2) is 36.1 Å². The van der Waals surface area contributed by atoms with Crippen molar-refractivity contribution in [2.45, 2.75) is 57.2 Å². The molecule has 2 heteroatoms. The first kappa shape index (κ1) is 9.17. The van der Waals surface area contributed by atoms with Crippen LogP contribution in [0, 0.1) is 5.92 Å². The van der Waals surface area contributed by atoms with Gasteiger partial charge in [-0.1, -0.05) is 6.92 Å². The summed E-state index contributed by atoms with van der Waals surface area (Å²) >= 11 is 0. The van der Waals surface area contributed by atoms with E-state index < -0.39 is 0 Å². The Kier molecular flexibility index (Phi) is 2.29. The minimum absolute atomic E-state index is 0.837. The first-order valence-electron chi connectivity index (χ1n) is 6.33. The Morgan fingerprint density at radius 3 is 2.79 bits per heavy atom. The normalized spacial score (nSPS) is 47.8. The number of hydrogen-bond donors (Lipinski definition) is 1. The van der Waals surface area contributed by atoms with E-state index in [1.54, 1.807) is 0 Å². The van der Waals surface area contributed by atoms with E-state index in [4.69, 9.17) is 0 Å². The molecule has 0 amide bonds. The zero-order valence-corrected chi connectivity index (χ0v) is 9.21. The van der Waals surface area contributed by atoms with Crippen LogP contribution in [0.4, 0.5) is 0 Å². The molecule has 1 aliphatic carbocycles. The molecule has 3 fully saturated rings. The average molecular weight is 194 g/mol. The summed E-state index contributed by atoms with van der Waals surface area (Å²) in [6.07, 6.45) is 7.13. The molecule has 0 radical (unpaired) electrons. The second-order valence-corrected chi connectivity index (χ2v) is 5.54. The van der Waals surface area contributed by atoms with Crippen molar-refractivity contribution in [1.82, 2.24) is 10.2 Å². The number of hydrogen-bond acceptors (Lipinski definition) is 2. The fourth-order valence-electron chi connectivity index (χ4n) is 3.23. The molecule has 2 unspecified atom stereocenters. The first-order chi connectivity index (χ1) is 6.83. The number of nitrogens with one attached hydrogen (secondary N) is 1. The van der Waals surface area contributed by atoms with Crippen LogP contribution in [-0.2, 0) is 0 Å². The van der Waals surface area contributed by atoms with Crippen LogP contribution in [0.15, 0.2) is 0 Å². The highest BCUT2D eigenvalue weighted by atomic mass is 15.2. The summed E-state index contributed by atoms with van der Waals surface area (Å²) in [5.41, 5.74) is 0. The van der Waals surface area contributed by atoms with Crippen molar-refractivity contribution < 1.29 is 0 Å². The van der Waals surface area contributed by atoms with Crippen molar-refractivity contribution >= 4 is 0 Å². The molecule has 0 aromatic carbocycles. The fourth-order valence-corrected chi connectivity index (χ4v) is 3.23. The van der Waals surface area contributed by atoms with Crippen LogP contribution in [0.1, 0.15) is 39.0 Å². The van der Waals surface area contributed by atoms with E-state index in [-0.39, 0.29) is 0 Å². The third kappa shape index (κ3) is 1.70. The van der Waals surface area contributed by atoms with E-state index in [1.165, 1.54) is 45.2 Å². The van der Waals surface area contributed by atoms with Gasteiger partial charge in [0.15, 0.2) is 0 Å². The van der Waals surface area contributed by atoms with Gasteiger partial charge in [0.05, 0.1) is 0 Å². The van der Waals surface area contributed by atoms with E-state index in [0.29, 0.717) is 0 Å². The van der Waals surface area contributed by atoms with E-state index in [9.17, 15) is 0 Å². The number of rotatable bonds is 2. The summed E-state index contributed by atoms with van der Waals surface area (Å²) in [6, 6.07) is 2.63. The van der Waals surface area contributed by atoms with E-state index in [1.807, 2.05) is 0 Å². The van der Waals surface area contributed by atoms with Crippen molar-refractivity contribution in [2.75, 3.05) is 13.1 Å². The summed E-state index contributed by atoms with van der Waals surface area (Å²) in [5.74, 6) is 0.955. The quantitative estimate of drug-likeness (QED) is 0.718. The lowest BCUT2D eigenvalue weighted by molar-refractivity contribution is 0.166. The predicted octanol–water partition coefficient (Wildman–Crippen LogP) is 1.61. The summed E-state index contributed by atoms with van der Waals surface area (Å²) < 4.78 is 0. The van der Waals surface area contributed by atoms with Crippen LogP contribution in [0.3, 0.4) is 0 Å². The molecular weight excluding hydrogens is 172 g/mol. The van der Waals surface area contributed by atoms with Gasteiger partial charge < -0.3 is 10.2 Å². The molecule has 0 aromatic heterocycles. The third-order valence-corrected chi connectivity index (χ3v) is 4.38. The second-order valence-electron chi connectivity index (χ2n) is 5.54. The Hall–Kier alpha value is -0.0800. The van der Waals surface area contributed by atoms with Crippen molar-refractivity contribution in [3.8, 4) is 0 Å². The maximum Gasteiger partial charge on any atom is 0.0111 e. The first-order valence-corrected chi connectivity index (χ1v) is 6.33. The van der Waals surface area contributed by atoms with Crippen LogP contribution in [0.5, 0.6) is 0 Å². The van der Waals surface area contributed by atoms with Gasteiger partial charge in [-0.05, 0) is 51.1 Å². The molecule has 2 aliphatic heterocycles. The van der Waals surface area contributed by atoms with Gasteiger partial charge in [-0.3, -0.25) is 0 Å². The van der Waals surface area contributed by atoms with E-state index in [2.05, 4.69) is 17.1 Å². The minimum Gasteiger partial charge on any atom is -0.311 e. The molecule has 2 heterocycles. The molecule has 2 saturated heterocycles. The lowest BCUT2D eigenvalue weighted by Gasteiger charge is -2.35. The van der Waals surface area contributed by atoms with E-state index >= 15 is 0 Å². The lowest BCUT2D eigenvalue weighted by Crippen LogP contribution is -2.46. The Bertz CT molecular complexity index is 216. The average Bonchev–Trinajstić information content (AvgIpc) is 2.70. The second kappa shape index (κ2) is 3.49. The Morgan fingerprint density at radius 2 is 2.00 bits per heavy atom. The summed E-state index contributed by atoms with van der Waals surface area (Å²) in [6.45, 7) is 5.09. The van der Waals surface area contributed by atoms with Gasteiger partial charge >= 0.3 is 0 Å². The van der Waals surface area contributed by atoms with Crippen LogP contribution in [0.25, 0.3) is 0 Å². The third-order valence-electron chi connectivity index (χ3n) is 4.38.